The Morgan fingerprint density at radius 1 is 0.800 bits per heavy atom. The molecule has 2 amide bonds. The fraction of sp³-hybridized carbons (Fsp3) is 0.809. The van der Waals surface area contributed by atoms with Crippen LogP contribution in [0.4, 0.5) is 0 Å². The topological polar surface area (TPSA) is 170 Å². The van der Waals surface area contributed by atoms with E-state index in [9.17, 15) is 27.8 Å². The summed E-state index contributed by atoms with van der Waals surface area (Å²) in [4.78, 5) is 31.6. The number of unbranched alkanes of at least 4 members (excludes halogenated alkanes) is 4. The minimum atomic E-state index is -4.38. The number of fused-ring (bicyclic) bond motifs is 2. The zero-order valence-electron chi connectivity index (χ0n) is 41.8. The Morgan fingerprint density at radius 3 is 2.00 bits per heavy atom. The Hall–Kier alpha value is 0.963. The fourth-order valence-electron chi connectivity index (χ4n) is 10.9. The second-order valence-corrected chi connectivity index (χ2v) is 22.7. The summed E-state index contributed by atoms with van der Waals surface area (Å²) in [5, 5.41) is 19.8. The van der Waals surface area contributed by atoms with Crippen molar-refractivity contribution in [3.05, 3.63) is 36.1 Å². The molecule has 4 rings (SSSR count). The first-order chi connectivity index (χ1) is 29.9. The van der Waals surface area contributed by atoms with Gasteiger partial charge in [-0.25, -0.2) is 13.0 Å². The van der Waals surface area contributed by atoms with Gasteiger partial charge >= 0.3 is 103 Å². The van der Waals surface area contributed by atoms with Crippen LogP contribution >= 0.6 is 12.0 Å². The van der Waals surface area contributed by atoms with Gasteiger partial charge in [-0.2, -0.15) is 4.33 Å². The maximum absolute atomic E-state index is 12.5. The van der Waals surface area contributed by atoms with E-state index in [2.05, 4.69) is 93.0 Å². The third kappa shape index (κ3) is 19.5. The number of allylic oxidation sites excluding steroid dienone is 6. The Balaban J connectivity index is 0.00000726. The van der Waals surface area contributed by atoms with Crippen LogP contribution in [0, 0.1) is 22.7 Å². The van der Waals surface area contributed by atoms with Gasteiger partial charge in [-0.15, -0.1) is 0 Å². The maximum atomic E-state index is 12.5. The first-order valence-corrected chi connectivity index (χ1v) is 26.0. The van der Waals surface area contributed by atoms with Crippen molar-refractivity contribution in [2.24, 2.45) is 22.7 Å². The summed E-state index contributed by atoms with van der Waals surface area (Å²) in [5.74, 6) is 0.640. The standard InChI is InChI=1S/C47H82N6O8S2.2K/c1-46(2)38-34-36(62-61-60-56)24-26-40(38)52(32-16-10-14-22-44(54)48-28-18-30-50(5)6)42(46)20-12-9-13-21-43-47(3,4)39-35-37(63(57,58)59)25-27-41(39)53(43)33-17-11-15-23-45(55)49-29-19-31-51(7)8;;/h9,12-13,20-21,36-41H,10-11,14-19,22-35H2,1-8H3,(H3-,48,49,54,55,56,57,58,59);;/q;2*+1/p-1. The Labute approximate surface area is 482 Å². The van der Waals surface area contributed by atoms with Crippen LogP contribution in [0.3, 0.4) is 0 Å². The molecule has 0 bridgehead atoms. The second kappa shape index (κ2) is 30.8. The summed E-state index contributed by atoms with van der Waals surface area (Å²) in [7, 11) is 3.75. The van der Waals surface area contributed by atoms with Crippen molar-refractivity contribution >= 4 is 39.7 Å². The third-order valence-corrected chi connectivity index (χ3v) is 16.4. The summed E-state index contributed by atoms with van der Waals surface area (Å²) in [6.45, 7) is 14.0. The molecule has 0 aromatic rings. The molecular formula is C47H81K2N6O8S2+. The molecule has 6 unspecified atom stereocenters. The van der Waals surface area contributed by atoms with E-state index in [1.54, 1.807) is 0 Å². The van der Waals surface area contributed by atoms with Crippen LogP contribution < -0.4 is 119 Å². The Bertz CT molecular complexity index is 1710. The number of carbonyl (C=O) groups excluding carboxylic acids is 2. The normalized spacial score (nSPS) is 25.6. The van der Waals surface area contributed by atoms with Gasteiger partial charge < -0.3 is 35.1 Å². The summed E-state index contributed by atoms with van der Waals surface area (Å²) in [6.07, 6.45) is 23.4. The van der Waals surface area contributed by atoms with Gasteiger partial charge in [-0.3, -0.25) is 14.6 Å². The van der Waals surface area contributed by atoms with Crippen LogP contribution in [-0.2, 0) is 29.1 Å². The van der Waals surface area contributed by atoms with Gasteiger partial charge in [0, 0.05) is 97.0 Å². The molecule has 14 nitrogen and oxygen atoms in total. The summed E-state index contributed by atoms with van der Waals surface area (Å²) in [5.41, 5.74) is 2.01. The molecule has 2 N–H and O–H groups in total. The van der Waals surface area contributed by atoms with Gasteiger partial charge in [0.2, 0.25) is 11.8 Å². The van der Waals surface area contributed by atoms with Crippen LogP contribution in [-0.4, -0.2) is 140 Å². The summed E-state index contributed by atoms with van der Waals surface area (Å²) in [6, 6.07) is 0.533. The molecule has 2 saturated carbocycles. The largest absolute Gasteiger partial charge is 1.00 e. The summed E-state index contributed by atoms with van der Waals surface area (Å²) < 4.78 is 44.0. The van der Waals surface area contributed by atoms with Gasteiger partial charge in [0.05, 0.1) is 15.5 Å². The van der Waals surface area contributed by atoms with E-state index in [0.29, 0.717) is 57.2 Å². The molecule has 0 aromatic carbocycles. The number of rotatable bonds is 27. The van der Waals surface area contributed by atoms with Gasteiger partial charge in [0.15, 0.2) is 11.8 Å². The average molecular weight is 1000 g/mol. The molecule has 0 radical (unpaired) electrons. The average Bonchev–Trinajstić information content (AvgIpc) is 3.56. The van der Waals surface area contributed by atoms with E-state index in [-0.39, 0.29) is 143 Å². The van der Waals surface area contributed by atoms with Crippen LogP contribution in [0.15, 0.2) is 36.1 Å². The van der Waals surface area contributed by atoms with Crippen molar-refractivity contribution in [1.82, 2.24) is 25.3 Å². The van der Waals surface area contributed by atoms with Gasteiger partial charge in [-0.05, 0) is 138 Å². The molecule has 0 aromatic heterocycles. The predicted octanol–water partition coefficient (Wildman–Crippen LogP) is -0.426. The summed E-state index contributed by atoms with van der Waals surface area (Å²) >= 11 is 1.14. The molecule has 2 aliphatic heterocycles. The zero-order valence-corrected chi connectivity index (χ0v) is 49.7. The quantitative estimate of drug-likeness (QED) is 0.0160. The van der Waals surface area contributed by atoms with Crippen molar-refractivity contribution in [3.8, 4) is 0 Å². The molecule has 18 heteroatoms. The smallest absolute Gasteiger partial charge is 0.748 e. The molecule has 65 heavy (non-hydrogen) atoms. The number of hydrogen-bond donors (Lipinski definition) is 2. The van der Waals surface area contributed by atoms with Gasteiger partial charge in [-0.1, -0.05) is 38.5 Å². The molecule has 2 aliphatic carbocycles. The monoisotopic (exact) mass is 999 g/mol. The predicted molar refractivity (Wildman–Crippen MR) is 249 cm³/mol. The van der Waals surface area contributed by atoms with E-state index >= 15 is 0 Å². The van der Waals surface area contributed by atoms with Gasteiger partial charge in [0.25, 0.3) is 0 Å². The first-order valence-electron chi connectivity index (χ1n) is 23.7. The minimum Gasteiger partial charge on any atom is -0.748 e. The Kier molecular flexibility index (Phi) is 29.4. The maximum Gasteiger partial charge on any atom is 1.00 e. The van der Waals surface area contributed by atoms with Crippen molar-refractivity contribution < 1.29 is 145 Å². The van der Waals surface area contributed by atoms with Crippen LogP contribution in [0.1, 0.15) is 130 Å². The molecule has 4 aliphatic rings. The zero-order chi connectivity index (χ0) is 46.2. The van der Waals surface area contributed by atoms with Crippen molar-refractivity contribution in [3.63, 3.8) is 0 Å². The molecule has 360 valence electrons. The number of hydrogen-bond acceptors (Lipinski definition) is 12. The van der Waals surface area contributed by atoms with E-state index in [4.69, 9.17) is 4.33 Å². The SMILES string of the molecule is CN(C)CCCNC(=O)CCCCCN1\C(=C/C=C/C=C/C2=[N+](CCCCCC(=O)NCCCN(C)C)C3CCC(SOO[O-])CC3C2(C)C)C(C)(C)C2CC(S(=O)(=O)[O-])CCC21.[K+].[K+]. The first kappa shape index (κ1) is 62.1. The number of carbonyl (C=O) groups is 2. The molecule has 6 atom stereocenters. The Morgan fingerprint density at radius 2 is 1.42 bits per heavy atom. The van der Waals surface area contributed by atoms with Crippen molar-refractivity contribution in [2.75, 3.05) is 67.5 Å². The molecule has 0 spiro atoms. The van der Waals surface area contributed by atoms with E-state index in [1.165, 1.54) is 11.4 Å². The van der Waals surface area contributed by atoms with Crippen molar-refractivity contribution in [2.45, 2.75) is 153 Å². The minimum absolute atomic E-state index is 0. The fourth-order valence-corrected chi connectivity index (χ4v) is 12.4. The molecule has 2 heterocycles. The molecular weight excluding hydrogens is 919 g/mol. The number of likely N-dealkylation sites (tertiary alicyclic amines) is 1. The van der Waals surface area contributed by atoms with Gasteiger partial charge in [0.1, 0.15) is 6.54 Å². The third-order valence-electron chi connectivity index (χ3n) is 14.3. The van der Waals surface area contributed by atoms with Crippen molar-refractivity contribution in [1.29, 1.82) is 0 Å². The number of nitrogens with zero attached hydrogens (tertiary/aromatic N) is 4. The van der Waals surface area contributed by atoms with E-state index in [1.807, 2.05) is 28.2 Å². The van der Waals surface area contributed by atoms with Crippen LogP contribution in [0.2, 0.25) is 0 Å². The molecule has 3 fully saturated rings. The number of nitrogens with one attached hydrogen (secondary N) is 2. The number of amides is 2. The van der Waals surface area contributed by atoms with Crippen LogP contribution in [0.25, 0.3) is 0 Å². The van der Waals surface area contributed by atoms with E-state index in [0.717, 1.165) is 109 Å². The second-order valence-electron chi connectivity index (χ2n) is 20.1. The van der Waals surface area contributed by atoms with E-state index < -0.39 is 15.4 Å². The van der Waals surface area contributed by atoms with Crippen LogP contribution in [0.5, 0.6) is 0 Å². The molecule has 1 saturated heterocycles.